The first-order valence-corrected chi connectivity index (χ1v) is 11.8. The molecule has 4 aromatic rings. The number of carbonyl (C=O) groups is 1. The molecule has 2 aromatic heterocycles. The second kappa shape index (κ2) is 9.24. The molecule has 0 spiro atoms. The predicted molar refractivity (Wildman–Crippen MR) is 133 cm³/mol. The van der Waals surface area contributed by atoms with Crippen molar-refractivity contribution in [3.8, 4) is 6.07 Å². The van der Waals surface area contributed by atoms with Gasteiger partial charge in [0.05, 0.1) is 11.6 Å². The maximum absolute atomic E-state index is 11.3. The normalized spacial score (nSPS) is 14.6. The number of anilines is 1. The van der Waals surface area contributed by atoms with Gasteiger partial charge in [-0.15, -0.1) is 0 Å². The molecule has 1 fully saturated rings. The van der Waals surface area contributed by atoms with E-state index >= 15 is 0 Å². The number of aromatic carboxylic acids is 1. The third kappa shape index (κ3) is 4.25. The van der Waals surface area contributed by atoms with E-state index in [4.69, 9.17) is 9.68 Å². The number of carboxylic acid groups (broad SMARTS) is 1. The van der Waals surface area contributed by atoms with Gasteiger partial charge < -0.3 is 19.4 Å². The van der Waals surface area contributed by atoms with Crippen LogP contribution in [0.4, 0.5) is 5.69 Å². The molecule has 0 amide bonds. The van der Waals surface area contributed by atoms with E-state index < -0.39 is 5.97 Å². The summed E-state index contributed by atoms with van der Waals surface area (Å²) in [7, 11) is 0. The predicted octanol–water partition coefficient (Wildman–Crippen LogP) is 4.94. The highest BCUT2D eigenvalue weighted by Gasteiger charge is 2.20. The highest BCUT2D eigenvalue weighted by Crippen LogP contribution is 2.30. The first-order valence-electron chi connectivity index (χ1n) is 11.8. The highest BCUT2D eigenvalue weighted by molar-refractivity contribution is 5.96. The van der Waals surface area contributed by atoms with Crippen molar-refractivity contribution in [1.82, 2.24) is 9.88 Å². The summed E-state index contributed by atoms with van der Waals surface area (Å²) >= 11 is 0. The Hall–Kier alpha value is -3.76. The van der Waals surface area contributed by atoms with Gasteiger partial charge in [-0.2, -0.15) is 5.26 Å². The summed E-state index contributed by atoms with van der Waals surface area (Å²) in [6.45, 7) is 6.82. The topological polar surface area (TPSA) is 96.5 Å². The van der Waals surface area contributed by atoms with Gasteiger partial charge in [0.2, 0.25) is 5.76 Å². The molecule has 1 aliphatic heterocycles. The summed E-state index contributed by atoms with van der Waals surface area (Å²) in [5, 5.41) is 20.5. The number of hydrogen-bond donors (Lipinski definition) is 2. The van der Waals surface area contributed by atoms with Crippen LogP contribution in [0.1, 0.15) is 40.1 Å². The molecule has 34 heavy (non-hydrogen) atoms. The van der Waals surface area contributed by atoms with Gasteiger partial charge in [-0.25, -0.2) is 4.79 Å². The summed E-state index contributed by atoms with van der Waals surface area (Å²) < 4.78 is 5.49. The number of unbranched alkanes of at least 4 members (excludes halogenated alkanes) is 1. The molecule has 0 radical (unpaired) electrons. The Kier molecular flexibility index (Phi) is 5.99. The van der Waals surface area contributed by atoms with Crippen molar-refractivity contribution < 1.29 is 14.3 Å². The van der Waals surface area contributed by atoms with Crippen LogP contribution in [0.15, 0.2) is 47.0 Å². The summed E-state index contributed by atoms with van der Waals surface area (Å²) in [5.74, 6) is -1.00. The third-order valence-corrected chi connectivity index (χ3v) is 6.92. The molecule has 3 heterocycles. The van der Waals surface area contributed by atoms with Crippen LogP contribution >= 0.6 is 0 Å². The monoisotopic (exact) mass is 456 g/mol. The van der Waals surface area contributed by atoms with Gasteiger partial charge in [0.1, 0.15) is 5.58 Å². The van der Waals surface area contributed by atoms with Gasteiger partial charge in [-0.1, -0.05) is 0 Å². The van der Waals surface area contributed by atoms with Crippen LogP contribution in [-0.2, 0) is 6.42 Å². The van der Waals surface area contributed by atoms with Gasteiger partial charge in [-0.3, -0.25) is 4.90 Å². The molecule has 174 valence electrons. The van der Waals surface area contributed by atoms with Crippen LogP contribution in [0.3, 0.4) is 0 Å². The molecule has 1 saturated heterocycles. The average Bonchev–Trinajstić information content (AvgIpc) is 3.42. The van der Waals surface area contributed by atoms with Crippen molar-refractivity contribution in [1.29, 1.82) is 5.26 Å². The fourth-order valence-corrected chi connectivity index (χ4v) is 4.94. The van der Waals surface area contributed by atoms with Crippen LogP contribution in [-0.4, -0.2) is 53.7 Å². The van der Waals surface area contributed by atoms with Gasteiger partial charge in [0.15, 0.2) is 0 Å². The van der Waals surface area contributed by atoms with Gasteiger partial charge in [0, 0.05) is 59.9 Å². The second-order valence-electron chi connectivity index (χ2n) is 9.01. The zero-order valence-corrected chi connectivity index (χ0v) is 19.3. The molecule has 0 unspecified atom stereocenters. The van der Waals surface area contributed by atoms with Crippen LogP contribution in [0, 0.1) is 18.3 Å². The van der Waals surface area contributed by atoms with E-state index in [-0.39, 0.29) is 5.76 Å². The minimum absolute atomic E-state index is 0.0232. The molecular weight excluding hydrogens is 428 g/mol. The third-order valence-electron chi connectivity index (χ3n) is 6.92. The molecule has 5 rings (SSSR count). The Balaban J connectivity index is 1.12. The molecule has 0 bridgehead atoms. The van der Waals surface area contributed by atoms with E-state index in [1.807, 2.05) is 30.3 Å². The Morgan fingerprint density at radius 3 is 2.71 bits per heavy atom. The van der Waals surface area contributed by atoms with Gasteiger partial charge in [-0.05, 0) is 74.7 Å². The van der Waals surface area contributed by atoms with Crippen LogP contribution in [0.2, 0.25) is 0 Å². The van der Waals surface area contributed by atoms with E-state index in [9.17, 15) is 9.90 Å². The fraction of sp³-hybridized carbons (Fsp3) is 0.333. The number of aryl methyl sites for hydroxylation is 2. The fourth-order valence-electron chi connectivity index (χ4n) is 4.94. The highest BCUT2D eigenvalue weighted by atomic mass is 16.4. The minimum atomic E-state index is -1.03. The minimum Gasteiger partial charge on any atom is -0.475 e. The standard InChI is InChI=1S/C27H28N4O3/c1-18-22-15-21(6-8-25(22)34-26(18)27(32)33)31-12-10-30(11-13-31)9-3-2-4-20-17-29-24-7-5-19(16-28)14-23(20)24/h5-8,14-15,17,29H,2-4,9-13H2,1H3,(H,32,33). The number of hydrogen-bond acceptors (Lipinski definition) is 5. The quantitative estimate of drug-likeness (QED) is 0.383. The van der Waals surface area contributed by atoms with Crippen LogP contribution < -0.4 is 4.90 Å². The molecule has 7 nitrogen and oxygen atoms in total. The molecule has 7 heteroatoms. The number of aromatic nitrogens is 1. The molecule has 2 aromatic carbocycles. The number of carboxylic acids is 1. The molecule has 0 aliphatic carbocycles. The number of rotatable bonds is 7. The summed E-state index contributed by atoms with van der Waals surface area (Å²) in [4.78, 5) is 19.5. The smallest absolute Gasteiger partial charge is 0.372 e. The van der Waals surface area contributed by atoms with Crippen molar-refractivity contribution >= 4 is 33.5 Å². The number of benzene rings is 2. The maximum Gasteiger partial charge on any atom is 0.372 e. The van der Waals surface area contributed by atoms with E-state index in [1.165, 1.54) is 5.56 Å². The molecule has 0 atom stereocenters. The number of nitrogens with one attached hydrogen (secondary N) is 1. The van der Waals surface area contributed by atoms with Crippen LogP contribution in [0.25, 0.3) is 21.9 Å². The lowest BCUT2D eigenvalue weighted by atomic mass is 10.0. The number of nitrogens with zero attached hydrogens (tertiary/aromatic N) is 3. The Morgan fingerprint density at radius 2 is 1.94 bits per heavy atom. The van der Waals surface area contributed by atoms with Gasteiger partial charge >= 0.3 is 5.97 Å². The number of aromatic amines is 1. The largest absolute Gasteiger partial charge is 0.475 e. The zero-order valence-electron chi connectivity index (χ0n) is 19.3. The number of nitriles is 1. The first kappa shape index (κ1) is 22.1. The van der Waals surface area contributed by atoms with E-state index in [0.717, 1.165) is 74.0 Å². The van der Waals surface area contributed by atoms with Crippen molar-refractivity contribution in [3.05, 3.63) is 65.0 Å². The number of piperazine rings is 1. The lowest BCUT2D eigenvalue weighted by Crippen LogP contribution is -2.46. The first-order chi connectivity index (χ1) is 16.5. The van der Waals surface area contributed by atoms with Gasteiger partial charge in [0.25, 0.3) is 0 Å². The van der Waals surface area contributed by atoms with Crippen LogP contribution in [0.5, 0.6) is 0 Å². The van der Waals surface area contributed by atoms with Crippen molar-refractivity contribution in [3.63, 3.8) is 0 Å². The molecule has 0 saturated carbocycles. The number of furan rings is 1. The second-order valence-corrected chi connectivity index (χ2v) is 9.01. The molecule has 2 N–H and O–H groups in total. The van der Waals surface area contributed by atoms with E-state index in [1.54, 1.807) is 6.92 Å². The number of H-pyrrole nitrogens is 1. The van der Waals surface area contributed by atoms with E-state index in [0.29, 0.717) is 16.7 Å². The van der Waals surface area contributed by atoms with Crippen molar-refractivity contribution in [2.45, 2.75) is 26.2 Å². The van der Waals surface area contributed by atoms with E-state index in [2.05, 4.69) is 33.1 Å². The lowest BCUT2D eigenvalue weighted by molar-refractivity contribution is 0.0664. The lowest BCUT2D eigenvalue weighted by Gasteiger charge is -2.36. The van der Waals surface area contributed by atoms with Crippen molar-refractivity contribution in [2.24, 2.45) is 0 Å². The Morgan fingerprint density at radius 1 is 1.12 bits per heavy atom. The Bertz CT molecular complexity index is 1390. The summed E-state index contributed by atoms with van der Waals surface area (Å²) in [6.07, 6.45) is 5.34. The summed E-state index contributed by atoms with van der Waals surface area (Å²) in [6, 6.07) is 14.0. The SMILES string of the molecule is Cc1c(C(=O)O)oc2ccc(N3CCN(CCCCc4c[nH]c5ccc(C#N)cc45)CC3)cc12. The maximum atomic E-state index is 11.3. The average molecular weight is 457 g/mol. The number of fused-ring (bicyclic) bond motifs is 2. The molecule has 1 aliphatic rings. The zero-order chi connectivity index (χ0) is 23.7. The van der Waals surface area contributed by atoms with Crippen molar-refractivity contribution in [2.75, 3.05) is 37.6 Å². The Labute approximate surface area is 198 Å². The summed E-state index contributed by atoms with van der Waals surface area (Å²) in [5.41, 5.74) is 5.50. The molecular formula is C27H28N4O3.